The zero-order chi connectivity index (χ0) is 12.3. The molecular formula is C14H20BrNS. The summed E-state index contributed by atoms with van der Waals surface area (Å²) in [7, 11) is 0. The second-order valence-electron chi connectivity index (χ2n) is 4.75. The lowest BCUT2D eigenvalue weighted by atomic mass is 10.2. The molecule has 3 heteroatoms. The van der Waals surface area contributed by atoms with Gasteiger partial charge in [-0.05, 0) is 37.0 Å². The molecule has 1 saturated carbocycles. The average Bonchev–Trinajstić information content (AvgIpc) is 3.12. The van der Waals surface area contributed by atoms with Gasteiger partial charge in [0.05, 0.1) is 0 Å². The molecular weight excluding hydrogens is 294 g/mol. The zero-order valence-corrected chi connectivity index (χ0v) is 12.9. The van der Waals surface area contributed by atoms with E-state index in [4.69, 9.17) is 0 Å². The van der Waals surface area contributed by atoms with Crippen LogP contribution in [0.2, 0.25) is 0 Å². The summed E-state index contributed by atoms with van der Waals surface area (Å²) in [6.45, 7) is 5.50. The molecule has 1 atom stereocenters. The van der Waals surface area contributed by atoms with Crippen LogP contribution in [0.1, 0.15) is 38.7 Å². The molecule has 0 heterocycles. The van der Waals surface area contributed by atoms with Gasteiger partial charge in [0.15, 0.2) is 0 Å². The van der Waals surface area contributed by atoms with Gasteiger partial charge in [0, 0.05) is 27.2 Å². The van der Waals surface area contributed by atoms with Crippen molar-refractivity contribution in [2.45, 2.75) is 55.8 Å². The first-order valence-corrected chi connectivity index (χ1v) is 8.04. The molecule has 0 spiro atoms. The van der Waals surface area contributed by atoms with Crippen molar-refractivity contribution >= 4 is 27.7 Å². The van der Waals surface area contributed by atoms with E-state index in [9.17, 15) is 0 Å². The minimum Gasteiger partial charge on any atom is -0.310 e. The molecule has 0 aliphatic heterocycles. The lowest BCUT2D eigenvalue weighted by molar-refractivity contribution is 0.685. The van der Waals surface area contributed by atoms with Gasteiger partial charge in [-0.2, -0.15) is 0 Å². The van der Waals surface area contributed by atoms with Gasteiger partial charge in [-0.3, -0.25) is 0 Å². The van der Waals surface area contributed by atoms with Gasteiger partial charge in [0.1, 0.15) is 0 Å². The van der Waals surface area contributed by atoms with Crippen LogP contribution in [0.25, 0.3) is 0 Å². The van der Waals surface area contributed by atoms with Crippen LogP contribution in [-0.4, -0.2) is 11.3 Å². The number of thioether (sulfide) groups is 1. The SMILES string of the molecule is CCC(C)Sc1ccc(CNC2CC2)c(Br)c1. The van der Waals surface area contributed by atoms with Gasteiger partial charge in [0.25, 0.3) is 0 Å². The molecule has 1 aromatic carbocycles. The van der Waals surface area contributed by atoms with Crippen LogP contribution in [0.3, 0.4) is 0 Å². The topological polar surface area (TPSA) is 12.0 Å². The Hall–Kier alpha value is 0.01000. The Morgan fingerprint density at radius 3 is 2.82 bits per heavy atom. The maximum atomic E-state index is 3.68. The van der Waals surface area contributed by atoms with E-state index in [-0.39, 0.29) is 0 Å². The molecule has 1 aliphatic carbocycles. The summed E-state index contributed by atoms with van der Waals surface area (Å²) < 4.78 is 1.24. The molecule has 0 saturated heterocycles. The van der Waals surface area contributed by atoms with E-state index in [1.165, 1.54) is 34.2 Å². The van der Waals surface area contributed by atoms with Crippen LogP contribution >= 0.6 is 27.7 Å². The lowest BCUT2D eigenvalue weighted by Crippen LogP contribution is -2.15. The second-order valence-corrected chi connectivity index (χ2v) is 7.11. The molecule has 94 valence electrons. The zero-order valence-electron chi connectivity index (χ0n) is 10.5. The summed E-state index contributed by atoms with van der Waals surface area (Å²) in [5.74, 6) is 0. The highest BCUT2D eigenvalue weighted by atomic mass is 79.9. The van der Waals surface area contributed by atoms with Crippen molar-refractivity contribution in [1.82, 2.24) is 5.32 Å². The molecule has 1 aromatic rings. The fourth-order valence-electron chi connectivity index (χ4n) is 1.60. The van der Waals surface area contributed by atoms with E-state index in [0.717, 1.165) is 12.6 Å². The minimum atomic E-state index is 0.692. The highest BCUT2D eigenvalue weighted by molar-refractivity contribution is 9.10. The standard InChI is InChI=1S/C14H20BrNS/c1-3-10(2)17-13-7-4-11(14(15)8-13)9-16-12-5-6-12/h4,7-8,10,12,16H,3,5-6,9H2,1-2H3. The van der Waals surface area contributed by atoms with E-state index in [0.29, 0.717) is 5.25 Å². The largest absolute Gasteiger partial charge is 0.310 e. The fraction of sp³-hybridized carbons (Fsp3) is 0.571. The predicted octanol–water partition coefficient (Wildman–Crippen LogP) is 4.59. The molecule has 1 aliphatic rings. The third-order valence-corrected chi connectivity index (χ3v) is 5.10. The van der Waals surface area contributed by atoms with Gasteiger partial charge < -0.3 is 5.32 Å². The van der Waals surface area contributed by atoms with Crippen molar-refractivity contribution in [3.05, 3.63) is 28.2 Å². The van der Waals surface area contributed by atoms with Crippen LogP contribution in [0.5, 0.6) is 0 Å². The normalized spacial score (nSPS) is 17.1. The first kappa shape index (κ1) is 13.4. The van der Waals surface area contributed by atoms with Crippen molar-refractivity contribution in [3.63, 3.8) is 0 Å². The fourth-order valence-corrected chi connectivity index (χ4v) is 3.24. The summed E-state index contributed by atoms with van der Waals surface area (Å²) >= 11 is 5.63. The summed E-state index contributed by atoms with van der Waals surface area (Å²) in [6, 6.07) is 7.51. The predicted molar refractivity (Wildman–Crippen MR) is 79.6 cm³/mol. The molecule has 17 heavy (non-hydrogen) atoms. The third-order valence-electron chi connectivity index (χ3n) is 3.10. The molecule has 1 unspecified atom stereocenters. The number of benzene rings is 1. The maximum absolute atomic E-state index is 3.68. The smallest absolute Gasteiger partial charge is 0.0231 e. The van der Waals surface area contributed by atoms with E-state index < -0.39 is 0 Å². The molecule has 0 amide bonds. The molecule has 0 radical (unpaired) electrons. The Balaban J connectivity index is 1.94. The minimum absolute atomic E-state index is 0.692. The Bertz CT molecular complexity index is 376. The van der Waals surface area contributed by atoms with Crippen LogP contribution in [0.15, 0.2) is 27.6 Å². The van der Waals surface area contributed by atoms with Crippen molar-refractivity contribution in [3.8, 4) is 0 Å². The van der Waals surface area contributed by atoms with Crippen molar-refractivity contribution in [2.75, 3.05) is 0 Å². The molecule has 1 nitrogen and oxygen atoms in total. The van der Waals surface area contributed by atoms with Gasteiger partial charge in [-0.25, -0.2) is 0 Å². The van der Waals surface area contributed by atoms with Crippen LogP contribution < -0.4 is 5.32 Å². The summed E-state index contributed by atoms with van der Waals surface area (Å²) in [6.07, 6.45) is 3.91. The first-order chi connectivity index (χ1) is 8.19. The van der Waals surface area contributed by atoms with Crippen molar-refractivity contribution < 1.29 is 0 Å². The van der Waals surface area contributed by atoms with E-state index in [1.807, 2.05) is 11.8 Å². The first-order valence-electron chi connectivity index (χ1n) is 6.37. The monoisotopic (exact) mass is 313 g/mol. The van der Waals surface area contributed by atoms with Gasteiger partial charge in [-0.1, -0.05) is 35.8 Å². The van der Waals surface area contributed by atoms with Crippen molar-refractivity contribution in [2.24, 2.45) is 0 Å². The van der Waals surface area contributed by atoms with E-state index in [1.54, 1.807) is 0 Å². The van der Waals surface area contributed by atoms with E-state index in [2.05, 4.69) is 53.3 Å². The van der Waals surface area contributed by atoms with Gasteiger partial charge in [0.2, 0.25) is 0 Å². The average molecular weight is 314 g/mol. The van der Waals surface area contributed by atoms with Crippen LogP contribution in [-0.2, 0) is 6.54 Å². The number of halogens is 1. The molecule has 1 fully saturated rings. The summed E-state index contributed by atoms with van der Waals surface area (Å²) in [4.78, 5) is 1.36. The summed E-state index contributed by atoms with van der Waals surface area (Å²) in [5, 5.41) is 4.24. The van der Waals surface area contributed by atoms with Gasteiger partial charge in [-0.15, -0.1) is 11.8 Å². The Labute approximate surface area is 117 Å². The highest BCUT2D eigenvalue weighted by Gasteiger charge is 2.20. The summed E-state index contributed by atoms with van der Waals surface area (Å²) in [5.41, 5.74) is 1.37. The Morgan fingerprint density at radius 2 is 2.24 bits per heavy atom. The molecule has 1 N–H and O–H groups in total. The maximum Gasteiger partial charge on any atom is 0.0231 e. The van der Waals surface area contributed by atoms with Gasteiger partial charge >= 0.3 is 0 Å². The number of rotatable bonds is 6. The number of hydrogen-bond donors (Lipinski definition) is 1. The quantitative estimate of drug-likeness (QED) is 0.771. The van der Waals surface area contributed by atoms with Crippen LogP contribution in [0, 0.1) is 0 Å². The molecule has 0 aromatic heterocycles. The Morgan fingerprint density at radius 1 is 1.47 bits per heavy atom. The molecule has 2 rings (SSSR count). The number of nitrogens with one attached hydrogen (secondary N) is 1. The lowest BCUT2D eigenvalue weighted by Gasteiger charge is -2.11. The Kier molecular flexibility index (Phi) is 4.95. The second kappa shape index (κ2) is 6.26. The molecule has 0 bridgehead atoms. The van der Waals surface area contributed by atoms with Crippen molar-refractivity contribution in [1.29, 1.82) is 0 Å². The van der Waals surface area contributed by atoms with Crippen LogP contribution in [0.4, 0.5) is 0 Å². The third kappa shape index (κ3) is 4.31. The number of hydrogen-bond acceptors (Lipinski definition) is 2. The highest BCUT2D eigenvalue weighted by Crippen LogP contribution is 2.29. The van der Waals surface area contributed by atoms with E-state index >= 15 is 0 Å².